The number of anilines is 1. The predicted octanol–water partition coefficient (Wildman–Crippen LogP) is 4.48. The van der Waals surface area contributed by atoms with Crippen LogP contribution in [0.3, 0.4) is 0 Å². The summed E-state index contributed by atoms with van der Waals surface area (Å²) in [5, 5.41) is 4.60. The first-order chi connectivity index (χ1) is 11.6. The van der Waals surface area contributed by atoms with E-state index >= 15 is 0 Å². The molecule has 24 heavy (non-hydrogen) atoms. The Kier molecular flexibility index (Phi) is 3.48. The van der Waals surface area contributed by atoms with Crippen LogP contribution in [-0.2, 0) is 0 Å². The van der Waals surface area contributed by atoms with Crippen LogP contribution in [0.1, 0.15) is 0 Å². The number of benzene rings is 2. The average molecular weight is 360 g/mol. The molecule has 0 atom stereocenters. The molecule has 2 aromatic carbocycles. The summed E-state index contributed by atoms with van der Waals surface area (Å²) in [6.45, 7) is 0. The molecule has 0 radical (unpaired) electrons. The highest BCUT2D eigenvalue weighted by molar-refractivity contribution is 6.33. The molecule has 2 heterocycles. The fraction of sp³-hybridized carbons (Fsp3) is 0.0588. The smallest absolute Gasteiger partial charge is 0.354 e. The first kappa shape index (κ1) is 15.1. The number of aromatic nitrogens is 2. The van der Waals surface area contributed by atoms with Crippen molar-refractivity contribution in [2.75, 3.05) is 12.4 Å². The third-order valence-electron chi connectivity index (χ3n) is 3.79. The van der Waals surface area contributed by atoms with Gasteiger partial charge in [-0.05, 0) is 30.3 Å². The number of nitrogens with zero attached hydrogens (tertiary/aromatic N) is 2. The van der Waals surface area contributed by atoms with Crippen molar-refractivity contribution in [3.05, 3.63) is 63.0 Å². The molecule has 7 heteroatoms. The molecule has 0 aliphatic heterocycles. The van der Waals surface area contributed by atoms with Crippen molar-refractivity contribution >= 4 is 51.1 Å². The maximum absolute atomic E-state index is 12.7. The van der Waals surface area contributed by atoms with Gasteiger partial charge in [-0.1, -0.05) is 35.3 Å². The molecule has 2 aromatic heterocycles. The fourth-order valence-corrected chi connectivity index (χ4v) is 3.15. The van der Waals surface area contributed by atoms with Crippen LogP contribution in [-0.4, -0.2) is 16.6 Å². The van der Waals surface area contributed by atoms with E-state index in [0.29, 0.717) is 43.6 Å². The summed E-state index contributed by atoms with van der Waals surface area (Å²) >= 11 is 12.4. The van der Waals surface area contributed by atoms with Crippen LogP contribution in [0.4, 0.5) is 5.82 Å². The molecule has 0 bridgehead atoms. The number of fused-ring (bicyclic) bond motifs is 3. The molecule has 0 unspecified atom stereocenters. The van der Waals surface area contributed by atoms with E-state index in [-0.39, 0.29) is 0 Å². The molecule has 4 aromatic rings. The molecule has 0 aliphatic rings. The third-order valence-corrected chi connectivity index (χ3v) is 4.35. The van der Waals surface area contributed by atoms with Gasteiger partial charge in [-0.3, -0.25) is 4.57 Å². The predicted molar refractivity (Wildman–Crippen MR) is 96.7 cm³/mol. The number of para-hydroxylation sites is 1. The summed E-state index contributed by atoms with van der Waals surface area (Å²) in [4.78, 5) is 16.7. The van der Waals surface area contributed by atoms with Gasteiger partial charge in [-0.25, -0.2) is 4.79 Å². The highest BCUT2D eigenvalue weighted by Gasteiger charge is 2.20. The number of hydrogen-bond donors (Lipinski definition) is 1. The molecule has 120 valence electrons. The summed E-state index contributed by atoms with van der Waals surface area (Å²) in [6.07, 6.45) is 0. The maximum atomic E-state index is 12.7. The van der Waals surface area contributed by atoms with Crippen LogP contribution >= 0.6 is 23.2 Å². The Hall–Kier alpha value is -2.50. The van der Waals surface area contributed by atoms with Gasteiger partial charge in [-0.2, -0.15) is 4.98 Å². The van der Waals surface area contributed by atoms with E-state index in [1.807, 2.05) is 0 Å². The summed E-state index contributed by atoms with van der Waals surface area (Å²) in [7, 11) is 1.68. The van der Waals surface area contributed by atoms with Gasteiger partial charge >= 0.3 is 5.69 Å². The van der Waals surface area contributed by atoms with Gasteiger partial charge in [0.05, 0.1) is 10.7 Å². The van der Waals surface area contributed by atoms with E-state index in [2.05, 4.69) is 10.3 Å². The van der Waals surface area contributed by atoms with Gasteiger partial charge in [0.1, 0.15) is 11.1 Å². The summed E-state index contributed by atoms with van der Waals surface area (Å²) in [5.74, 6) is 0.366. The van der Waals surface area contributed by atoms with Crippen molar-refractivity contribution in [2.24, 2.45) is 0 Å². The molecule has 0 spiro atoms. The van der Waals surface area contributed by atoms with Gasteiger partial charge in [0.15, 0.2) is 11.4 Å². The van der Waals surface area contributed by atoms with Crippen molar-refractivity contribution in [2.45, 2.75) is 0 Å². The van der Waals surface area contributed by atoms with Crippen LogP contribution in [0.25, 0.3) is 27.8 Å². The first-order valence-corrected chi connectivity index (χ1v) is 7.93. The first-order valence-electron chi connectivity index (χ1n) is 7.17. The molecular formula is C17H11Cl2N3O2. The molecule has 0 saturated heterocycles. The number of hydrogen-bond acceptors (Lipinski definition) is 4. The van der Waals surface area contributed by atoms with Gasteiger partial charge in [-0.15, -0.1) is 0 Å². The molecule has 0 fully saturated rings. The minimum absolute atomic E-state index is 0.366. The van der Waals surface area contributed by atoms with E-state index in [1.165, 1.54) is 4.57 Å². The Balaban J connectivity index is 2.27. The topological polar surface area (TPSA) is 60.1 Å². The van der Waals surface area contributed by atoms with E-state index < -0.39 is 5.69 Å². The SMILES string of the molecule is CNc1nc(=O)n(-c2ccccc2Cl)c2c1oc1ccc(Cl)cc12. The van der Waals surface area contributed by atoms with Crippen molar-refractivity contribution in [3.8, 4) is 5.69 Å². The second-order valence-corrected chi connectivity index (χ2v) is 6.04. The standard InChI is InChI=1S/C17H11Cl2N3O2/c1-20-16-15-14(10-8-9(18)6-7-13(10)24-15)22(17(23)21-16)12-5-3-2-4-11(12)19/h2-8H,1H3,(H,20,21,23). The molecule has 4 rings (SSSR count). The lowest BCUT2D eigenvalue weighted by molar-refractivity contribution is 0.665. The van der Waals surface area contributed by atoms with Gasteiger partial charge < -0.3 is 9.73 Å². The quantitative estimate of drug-likeness (QED) is 0.573. The molecule has 0 amide bonds. The van der Waals surface area contributed by atoms with Crippen molar-refractivity contribution in [1.82, 2.24) is 9.55 Å². The van der Waals surface area contributed by atoms with Crippen molar-refractivity contribution < 1.29 is 4.42 Å². The lowest BCUT2D eigenvalue weighted by Gasteiger charge is -2.10. The number of rotatable bonds is 2. The second-order valence-electron chi connectivity index (χ2n) is 5.20. The van der Waals surface area contributed by atoms with Crippen molar-refractivity contribution in [3.63, 3.8) is 0 Å². The summed E-state index contributed by atoms with van der Waals surface area (Å²) in [6, 6.07) is 12.3. The van der Waals surface area contributed by atoms with Crippen LogP contribution < -0.4 is 11.0 Å². The van der Waals surface area contributed by atoms with E-state index in [0.717, 1.165) is 0 Å². The number of halogens is 2. The van der Waals surface area contributed by atoms with Gasteiger partial charge in [0.25, 0.3) is 0 Å². The monoisotopic (exact) mass is 359 g/mol. The molecule has 0 aliphatic carbocycles. The van der Waals surface area contributed by atoms with Crippen LogP contribution in [0.5, 0.6) is 0 Å². The van der Waals surface area contributed by atoms with Crippen molar-refractivity contribution in [1.29, 1.82) is 0 Å². The zero-order valence-corrected chi connectivity index (χ0v) is 14.0. The average Bonchev–Trinajstić information content (AvgIpc) is 2.94. The lowest BCUT2D eigenvalue weighted by Crippen LogP contribution is -2.23. The summed E-state index contributed by atoms with van der Waals surface area (Å²) in [5.41, 5.74) is 1.73. The Morgan fingerprint density at radius 2 is 1.96 bits per heavy atom. The maximum Gasteiger partial charge on any atom is 0.354 e. The highest BCUT2D eigenvalue weighted by atomic mass is 35.5. The molecule has 5 nitrogen and oxygen atoms in total. The Morgan fingerprint density at radius 3 is 2.71 bits per heavy atom. The van der Waals surface area contributed by atoms with E-state index in [4.69, 9.17) is 27.6 Å². The van der Waals surface area contributed by atoms with E-state index in [9.17, 15) is 4.79 Å². The second kappa shape index (κ2) is 5.54. The Bertz CT molecular complexity index is 1150. The minimum atomic E-state index is -0.456. The van der Waals surface area contributed by atoms with Gasteiger partial charge in [0, 0.05) is 17.5 Å². The van der Waals surface area contributed by atoms with Crippen LogP contribution in [0.2, 0.25) is 10.0 Å². The van der Waals surface area contributed by atoms with Crippen LogP contribution in [0, 0.1) is 0 Å². The largest absolute Gasteiger partial charge is 0.450 e. The Labute approximate surface area is 146 Å². The van der Waals surface area contributed by atoms with E-state index in [1.54, 1.807) is 49.5 Å². The normalized spacial score (nSPS) is 11.3. The minimum Gasteiger partial charge on any atom is -0.450 e. The number of furan rings is 1. The Morgan fingerprint density at radius 1 is 1.17 bits per heavy atom. The molecule has 1 N–H and O–H groups in total. The lowest BCUT2D eigenvalue weighted by atomic mass is 10.2. The molecular weight excluding hydrogens is 349 g/mol. The molecule has 0 saturated carbocycles. The number of nitrogens with one attached hydrogen (secondary N) is 1. The summed E-state index contributed by atoms with van der Waals surface area (Å²) < 4.78 is 7.35. The zero-order valence-electron chi connectivity index (χ0n) is 12.5. The third kappa shape index (κ3) is 2.17. The van der Waals surface area contributed by atoms with Crippen LogP contribution in [0.15, 0.2) is 51.7 Å². The van der Waals surface area contributed by atoms with Gasteiger partial charge in [0.2, 0.25) is 0 Å². The fourth-order valence-electron chi connectivity index (χ4n) is 2.76. The zero-order chi connectivity index (χ0) is 16.8. The highest BCUT2D eigenvalue weighted by Crippen LogP contribution is 2.35.